The van der Waals surface area contributed by atoms with Crippen LogP contribution in [0.25, 0.3) is 6.08 Å². The van der Waals surface area contributed by atoms with Crippen molar-refractivity contribution in [1.82, 2.24) is 10.2 Å². The number of benzene rings is 2. The number of carbonyl (C=O) groups is 3. The summed E-state index contributed by atoms with van der Waals surface area (Å²) >= 11 is 0.827. The van der Waals surface area contributed by atoms with E-state index in [9.17, 15) is 27.6 Å². The zero-order valence-corrected chi connectivity index (χ0v) is 16.8. The lowest BCUT2D eigenvalue weighted by Crippen LogP contribution is -2.38. The molecule has 1 heterocycles. The molecule has 1 N–H and O–H groups in total. The van der Waals surface area contributed by atoms with Crippen molar-refractivity contribution in [1.29, 1.82) is 0 Å². The maximum absolute atomic E-state index is 12.5. The predicted octanol–water partition coefficient (Wildman–Crippen LogP) is 3.94. The van der Waals surface area contributed by atoms with Gasteiger partial charge < -0.3 is 10.1 Å². The van der Waals surface area contributed by atoms with E-state index in [1.165, 1.54) is 0 Å². The molecule has 0 aliphatic carbocycles. The van der Waals surface area contributed by atoms with Gasteiger partial charge >= 0.3 is 6.18 Å². The molecule has 1 aliphatic heterocycles. The van der Waals surface area contributed by atoms with Gasteiger partial charge in [-0.3, -0.25) is 19.3 Å². The van der Waals surface area contributed by atoms with Gasteiger partial charge in [-0.05, 0) is 47.7 Å². The molecule has 1 saturated heterocycles. The first kappa shape index (κ1) is 22.4. The van der Waals surface area contributed by atoms with Crippen LogP contribution < -0.4 is 10.1 Å². The van der Waals surface area contributed by atoms with Gasteiger partial charge in [-0.1, -0.05) is 30.3 Å². The van der Waals surface area contributed by atoms with Crippen molar-refractivity contribution in [3.63, 3.8) is 0 Å². The lowest BCUT2D eigenvalue weighted by Gasteiger charge is -2.13. The van der Waals surface area contributed by atoms with Gasteiger partial charge in [0.2, 0.25) is 0 Å². The van der Waals surface area contributed by atoms with Crippen LogP contribution in [0.2, 0.25) is 0 Å². The highest BCUT2D eigenvalue weighted by atomic mass is 32.2. The van der Waals surface area contributed by atoms with E-state index < -0.39 is 35.4 Å². The van der Waals surface area contributed by atoms with E-state index in [-0.39, 0.29) is 18.8 Å². The molecule has 6 nitrogen and oxygen atoms in total. The minimum absolute atomic E-state index is 0.0111. The maximum atomic E-state index is 12.5. The van der Waals surface area contributed by atoms with E-state index >= 15 is 0 Å². The Bertz CT molecular complexity index is 992. The molecule has 2 aromatic carbocycles. The SMILES string of the molecule is O=C(COc1ccc(C(F)(F)F)cc1)NCCN1C(=O)S/C(=C\c2ccccc2)C1=O. The Morgan fingerprint density at radius 1 is 1.06 bits per heavy atom. The summed E-state index contributed by atoms with van der Waals surface area (Å²) < 4.78 is 42.7. The molecule has 1 aliphatic rings. The summed E-state index contributed by atoms with van der Waals surface area (Å²) in [5.41, 5.74) is -0.0236. The molecule has 0 aromatic heterocycles. The van der Waals surface area contributed by atoms with Crippen LogP contribution in [-0.2, 0) is 15.8 Å². The number of halogens is 3. The number of imide groups is 1. The number of alkyl halides is 3. The topological polar surface area (TPSA) is 75.7 Å². The number of hydrogen-bond donors (Lipinski definition) is 1. The normalized spacial score (nSPS) is 15.5. The molecular formula is C21H17F3N2O4S. The summed E-state index contributed by atoms with van der Waals surface area (Å²) in [6.45, 7) is -0.407. The Labute approximate surface area is 180 Å². The van der Waals surface area contributed by atoms with E-state index in [1.54, 1.807) is 6.08 Å². The number of rotatable bonds is 7. The third-order valence-electron chi connectivity index (χ3n) is 4.18. The standard InChI is InChI=1S/C21H17F3N2O4S/c22-21(23,24)15-6-8-16(9-7-15)30-13-18(27)25-10-11-26-19(28)17(31-20(26)29)12-14-4-2-1-3-5-14/h1-9,12H,10-11,13H2,(H,25,27)/b17-12-. The highest BCUT2D eigenvalue weighted by Gasteiger charge is 2.34. The number of nitrogens with zero attached hydrogens (tertiary/aromatic N) is 1. The first-order valence-electron chi connectivity index (χ1n) is 9.11. The summed E-state index contributed by atoms with van der Waals surface area (Å²) in [5, 5.41) is 2.07. The average molecular weight is 450 g/mol. The summed E-state index contributed by atoms with van der Waals surface area (Å²) in [7, 11) is 0. The van der Waals surface area contributed by atoms with Crippen LogP contribution in [-0.4, -0.2) is 41.6 Å². The predicted molar refractivity (Wildman–Crippen MR) is 109 cm³/mol. The van der Waals surface area contributed by atoms with Crippen molar-refractivity contribution < 1.29 is 32.3 Å². The molecule has 0 bridgehead atoms. The molecule has 2 aromatic rings. The number of carbonyl (C=O) groups excluding carboxylic acids is 3. The van der Waals surface area contributed by atoms with Gasteiger partial charge in [0.1, 0.15) is 5.75 Å². The van der Waals surface area contributed by atoms with Crippen LogP contribution in [0.4, 0.5) is 18.0 Å². The molecular weight excluding hydrogens is 433 g/mol. The molecule has 162 valence electrons. The smallest absolute Gasteiger partial charge is 0.416 e. The van der Waals surface area contributed by atoms with Crippen molar-refractivity contribution in [3.8, 4) is 5.75 Å². The first-order chi connectivity index (χ1) is 14.7. The Morgan fingerprint density at radius 2 is 1.74 bits per heavy atom. The first-order valence-corrected chi connectivity index (χ1v) is 9.93. The second-order valence-corrected chi connectivity index (χ2v) is 7.40. The third-order valence-corrected chi connectivity index (χ3v) is 5.09. The zero-order chi connectivity index (χ0) is 22.4. The third kappa shape index (κ3) is 6.11. The van der Waals surface area contributed by atoms with Crippen LogP contribution in [0, 0.1) is 0 Å². The van der Waals surface area contributed by atoms with Crippen LogP contribution in [0.1, 0.15) is 11.1 Å². The number of amides is 3. The van der Waals surface area contributed by atoms with Gasteiger partial charge in [0, 0.05) is 13.1 Å². The van der Waals surface area contributed by atoms with Crippen LogP contribution >= 0.6 is 11.8 Å². The number of hydrogen-bond acceptors (Lipinski definition) is 5. The number of nitrogens with one attached hydrogen (secondary N) is 1. The van der Waals surface area contributed by atoms with Crippen LogP contribution in [0.15, 0.2) is 59.5 Å². The lowest BCUT2D eigenvalue weighted by atomic mass is 10.2. The summed E-state index contributed by atoms with van der Waals surface area (Å²) in [6, 6.07) is 13.1. The number of ether oxygens (including phenoxy) is 1. The highest BCUT2D eigenvalue weighted by Crippen LogP contribution is 2.32. The Kier molecular flexibility index (Phi) is 7.01. The van der Waals surface area contributed by atoms with E-state index in [0.717, 1.165) is 46.5 Å². The van der Waals surface area contributed by atoms with Gasteiger partial charge in [-0.25, -0.2) is 0 Å². The Morgan fingerprint density at radius 3 is 2.39 bits per heavy atom. The maximum Gasteiger partial charge on any atom is 0.416 e. The average Bonchev–Trinajstić information content (AvgIpc) is 3.00. The molecule has 3 amide bonds. The van der Waals surface area contributed by atoms with Crippen molar-refractivity contribution in [2.45, 2.75) is 6.18 Å². The van der Waals surface area contributed by atoms with Crippen molar-refractivity contribution in [2.75, 3.05) is 19.7 Å². The summed E-state index contributed by atoms with van der Waals surface area (Å²) in [5.74, 6) is -0.860. The van der Waals surface area contributed by atoms with Crippen molar-refractivity contribution in [3.05, 3.63) is 70.6 Å². The van der Waals surface area contributed by atoms with E-state index in [2.05, 4.69) is 5.32 Å². The number of thioether (sulfide) groups is 1. The van der Waals surface area contributed by atoms with Gasteiger partial charge in [-0.15, -0.1) is 0 Å². The minimum Gasteiger partial charge on any atom is -0.484 e. The monoisotopic (exact) mass is 450 g/mol. The Hall–Kier alpha value is -3.27. The van der Waals surface area contributed by atoms with Gasteiger partial charge in [0.15, 0.2) is 6.61 Å². The fourth-order valence-corrected chi connectivity index (χ4v) is 3.51. The Balaban J connectivity index is 1.44. The molecule has 1 fully saturated rings. The fourth-order valence-electron chi connectivity index (χ4n) is 2.64. The molecule has 0 atom stereocenters. The van der Waals surface area contributed by atoms with Gasteiger partial charge in [0.25, 0.3) is 17.1 Å². The molecule has 0 spiro atoms. The van der Waals surface area contributed by atoms with Crippen LogP contribution in [0.5, 0.6) is 5.75 Å². The molecule has 0 radical (unpaired) electrons. The highest BCUT2D eigenvalue weighted by molar-refractivity contribution is 8.18. The van der Waals surface area contributed by atoms with Crippen LogP contribution in [0.3, 0.4) is 0 Å². The largest absolute Gasteiger partial charge is 0.484 e. The second-order valence-electron chi connectivity index (χ2n) is 6.40. The van der Waals surface area contributed by atoms with Gasteiger partial charge in [-0.2, -0.15) is 13.2 Å². The molecule has 31 heavy (non-hydrogen) atoms. The minimum atomic E-state index is -4.45. The molecule has 0 unspecified atom stereocenters. The van der Waals surface area contributed by atoms with E-state index in [4.69, 9.17) is 4.74 Å². The quantitative estimate of drug-likeness (QED) is 0.647. The van der Waals surface area contributed by atoms with Gasteiger partial charge in [0.05, 0.1) is 10.5 Å². The van der Waals surface area contributed by atoms with Crippen molar-refractivity contribution >= 4 is 34.9 Å². The second kappa shape index (κ2) is 9.69. The van der Waals surface area contributed by atoms with E-state index in [1.807, 2.05) is 30.3 Å². The van der Waals surface area contributed by atoms with Crippen molar-refractivity contribution in [2.24, 2.45) is 0 Å². The molecule has 10 heteroatoms. The lowest BCUT2D eigenvalue weighted by molar-refractivity contribution is -0.137. The zero-order valence-electron chi connectivity index (χ0n) is 16.0. The van der Waals surface area contributed by atoms with E-state index in [0.29, 0.717) is 4.91 Å². The molecule has 0 saturated carbocycles. The molecule has 3 rings (SSSR count). The summed E-state index contributed by atoms with van der Waals surface area (Å²) in [6.07, 6.45) is -2.82. The summed E-state index contributed by atoms with van der Waals surface area (Å²) in [4.78, 5) is 37.7. The fraction of sp³-hybridized carbons (Fsp3) is 0.190.